The van der Waals surface area contributed by atoms with Crippen LogP contribution in [-0.2, 0) is 6.42 Å². The number of rotatable bonds is 2. The summed E-state index contributed by atoms with van der Waals surface area (Å²) in [7, 11) is 0. The van der Waals surface area contributed by atoms with Crippen molar-refractivity contribution in [2.24, 2.45) is 9.98 Å². The van der Waals surface area contributed by atoms with Crippen LogP contribution in [0.1, 0.15) is 27.1 Å². The van der Waals surface area contributed by atoms with E-state index in [1.54, 1.807) is 0 Å². The van der Waals surface area contributed by atoms with Gasteiger partial charge in [-0.05, 0) is 72.4 Å². The SMILES string of the molecule is Cc1cc(-c2ccc(C3=Cc4ccccc4C3)s2)c2c(c1C)=NCN=2. The molecule has 1 aromatic heterocycles. The molecule has 2 aromatic carbocycles. The lowest BCUT2D eigenvalue weighted by Gasteiger charge is -2.04. The topological polar surface area (TPSA) is 24.7 Å². The molecule has 0 bridgehead atoms. The van der Waals surface area contributed by atoms with Gasteiger partial charge in [0.05, 0.1) is 10.7 Å². The van der Waals surface area contributed by atoms with E-state index in [9.17, 15) is 0 Å². The van der Waals surface area contributed by atoms with Crippen molar-refractivity contribution >= 4 is 23.0 Å². The molecule has 25 heavy (non-hydrogen) atoms. The van der Waals surface area contributed by atoms with Crippen LogP contribution in [0.2, 0.25) is 0 Å². The first-order valence-electron chi connectivity index (χ1n) is 8.59. The molecule has 0 N–H and O–H groups in total. The Balaban J connectivity index is 1.59. The number of hydrogen-bond donors (Lipinski definition) is 0. The fourth-order valence-corrected chi connectivity index (χ4v) is 4.73. The van der Waals surface area contributed by atoms with E-state index in [-0.39, 0.29) is 0 Å². The Labute approximate surface area is 150 Å². The van der Waals surface area contributed by atoms with E-state index >= 15 is 0 Å². The van der Waals surface area contributed by atoms with Gasteiger partial charge >= 0.3 is 0 Å². The highest BCUT2D eigenvalue weighted by Gasteiger charge is 2.17. The van der Waals surface area contributed by atoms with Gasteiger partial charge in [0.25, 0.3) is 0 Å². The van der Waals surface area contributed by atoms with Gasteiger partial charge in [-0.1, -0.05) is 24.3 Å². The largest absolute Gasteiger partial charge is 0.259 e. The summed E-state index contributed by atoms with van der Waals surface area (Å²) in [5.41, 5.74) is 7.97. The molecule has 0 spiro atoms. The van der Waals surface area contributed by atoms with Crippen molar-refractivity contribution in [2.75, 3.05) is 6.67 Å². The summed E-state index contributed by atoms with van der Waals surface area (Å²) in [6.07, 6.45) is 3.36. The van der Waals surface area contributed by atoms with Crippen LogP contribution in [0.15, 0.2) is 52.4 Å². The van der Waals surface area contributed by atoms with Crippen molar-refractivity contribution in [1.29, 1.82) is 0 Å². The summed E-state index contributed by atoms with van der Waals surface area (Å²) in [5, 5.41) is 2.15. The Morgan fingerprint density at radius 2 is 1.72 bits per heavy atom. The van der Waals surface area contributed by atoms with Gasteiger partial charge in [-0.2, -0.15) is 0 Å². The van der Waals surface area contributed by atoms with Crippen LogP contribution in [0.4, 0.5) is 0 Å². The zero-order valence-corrected chi connectivity index (χ0v) is 15.2. The maximum Gasteiger partial charge on any atom is 0.130 e. The van der Waals surface area contributed by atoms with Gasteiger partial charge in [0.2, 0.25) is 0 Å². The molecule has 3 aromatic rings. The molecular weight excluding hydrogens is 324 g/mol. The summed E-state index contributed by atoms with van der Waals surface area (Å²) < 4.78 is 0. The summed E-state index contributed by atoms with van der Waals surface area (Å²) in [6, 6.07) is 15.4. The number of allylic oxidation sites excluding steroid dienone is 1. The monoisotopic (exact) mass is 342 g/mol. The summed E-state index contributed by atoms with van der Waals surface area (Å²) in [5.74, 6) is 0. The number of aryl methyl sites for hydroxylation is 1. The number of nitrogens with zero attached hydrogens (tertiary/aromatic N) is 2. The van der Waals surface area contributed by atoms with Crippen molar-refractivity contribution < 1.29 is 0 Å². The zero-order valence-electron chi connectivity index (χ0n) is 14.3. The minimum absolute atomic E-state index is 0.561. The van der Waals surface area contributed by atoms with Gasteiger partial charge in [-0.25, -0.2) is 0 Å². The summed E-state index contributed by atoms with van der Waals surface area (Å²) in [6.45, 7) is 4.87. The third-order valence-corrected chi connectivity index (χ3v) is 6.39. The molecule has 122 valence electrons. The molecule has 2 aliphatic rings. The molecule has 0 radical (unpaired) electrons. The normalized spacial score (nSPS) is 14.6. The van der Waals surface area contributed by atoms with Crippen LogP contribution in [0.5, 0.6) is 0 Å². The zero-order chi connectivity index (χ0) is 17.0. The second-order valence-corrected chi connectivity index (χ2v) is 7.81. The Kier molecular flexibility index (Phi) is 3.25. The van der Waals surface area contributed by atoms with E-state index in [4.69, 9.17) is 0 Å². The van der Waals surface area contributed by atoms with Crippen LogP contribution >= 0.6 is 11.3 Å². The molecule has 2 heterocycles. The summed E-state index contributed by atoms with van der Waals surface area (Å²) in [4.78, 5) is 11.9. The van der Waals surface area contributed by atoms with Gasteiger partial charge in [0.1, 0.15) is 6.67 Å². The molecule has 1 aliphatic heterocycles. The molecule has 0 amide bonds. The minimum Gasteiger partial charge on any atom is -0.259 e. The fourth-order valence-electron chi connectivity index (χ4n) is 3.70. The lowest BCUT2D eigenvalue weighted by Crippen LogP contribution is -2.27. The van der Waals surface area contributed by atoms with Crippen molar-refractivity contribution in [1.82, 2.24) is 0 Å². The Morgan fingerprint density at radius 1 is 0.920 bits per heavy atom. The maximum absolute atomic E-state index is 4.64. The van der Waals surface area contributed by atoms with E-state index in [1.165, 1.54) is 43.1 Å². The highest BCUT2D eigenvalue weighted by molar-refractivity contribution is 7.16. The number of thiophene rings is 1. The van der Waals surface area contributed by atoms with Gasteiger partial charge in [0.15, 0.2) is 0 Å². The minimum atomic E-state index is 0.561. The number of benzene rings is 2. The molecule has 5 rings (SSSR count). The summed E-state index contributed by atoms with van der Waals surface area (Å²) >= 11 is 1.86. The molecule has 0 unspecified atom stereocenters. The molecular formula is C22H18N2S. The smallest absolute Gasteiger partial charge is 0.130 e. The second-order valence-electron chi connectivity index (χ2n) is 6.73. The first kappa shape index (κ1) is 14.8. The Bertz CT molecular complexity index is 1170. The van der Waals surface area contributed by atoms with E-state index < -0.39 is 0 Å². The van der Waals surface area contributed by atoms with Gasteiger partial charge in [0, 0.05) is 15.3 Å². The van der Waals surface area contributed by atoms with Crippen molar-refractivity contribution in [2.45, 2.75) is 20.3 Å². The van der Waals surface area contributed by atoms with Gasteiger partial charge < -0.3 is 0 Å². The van der Waals surface area contributed by atoms with Crippen LogP contribution in [0, 0.1) is 13.8 Å². The Morgan fingerprint density at radius 3 is 2.60 bits per heavy atom. The lowest BCUT2D eigenvalue weighted by molar-refractivity contribution is 1.05. The average molecular weight is 342 g/mol. The van der Waals surface area contributed by atoms with E-state index in [0.717, 1.165) is 17.1 Å². The third-order valence-electron chi connectivity index (χ3n) is 5.20. The molecule has 1 aliphatic carbocycles. The highest BCUT2D eigenvalue weighted by Crippen LogP contribution is 2.37. The molecule has 0 saturated carbocycles. The molecule has 0 saturated heterocycles. The van der Waals surface area contributed by atoms with Gasteiger partial charge in [-0.15, -0.1) is 11.3 Å². The molecule has 0 fully saturated rings. The number of fused-ring (bicyclic) bond motifs is 2. The van der Waals surface area contributed by atoms with Crippen LogP contribution in [-0.4, -0.2) is 6.67 Å². The standard InChI is InChI=1S/C22H18N2S/c1-13-9-18(22-21(14(13)2)23-12-24-22)20-8-7-19(25-20)17-10-15-5-3-4-6-16(15)11-17/h3-10H,11-12H2,1-2H3. The maximum atomic E-state index is 4.64. The predicted octanol–water partition coefficient (Wildman–Crippen LogP) is 4.34. The van der Waals surface area contributed by atoms with Crippen molar-refractivity contribution in [3.8, 4) is 10.4 Å². The van der Waals surface area contributed by atoms with Gasteiger partial charge in [-0.3, -0.25) is 9.98 Å². The van der Waals surface area contributed by atoms with Crippen molar-refractivity contribution in [3.05, 3.63) is 80.3 Å². The van der Waals surface area contributed by atoms with Crippen LogP contribution in [0.3, 0.4) is 0 Å². The number of hydrogen-bond acceptors (Lipinski definition) is 3. The van der Waals surface area contributed by atoms with E-state index in [1.807, 2.05) is 11.3 Å². The third kappa shape index (κ3) is 2.30. The van der Waals surface area contributed by atoms with Crippen LogP contribution in [0.25, 0.3) is 22.1 Å². The quantitative estimate of drug-likeness (QED) is 0.662. The second kappa shape index (κ2) is 5.50. The predicted molar refractivity (Wildman–Crippen MR) is 104 cm³/mol. The fraction of sp³-hybridized carbons (Fsp3) is 0.182. The average Bonchev–Trinajstić information content (AvgIpc) is 3.36. The molecule has 0 atom stereocenters. The molecule has 2 nitrogen and oxygen atoms in total. The van der Waals surface area contributed by atoms with E-state index in [2.05, 4.69) is 72.4 Å². The first-order valence-corrected chi connectivity index (χ1v) is 9.40. The Hall–Kier alpha value is -2.52. The lowest BCUT2D eigenvalue weighted by atomic mass is 10.0. The van der Waals surface area contributed by atoms with Crippen LogP contribution < -0.4 is 10.7 Å². The molecule has 3 heteroatoms. The van der Waals surface area contributed by atoms with E-state index in [0.29, 0.717) is 6.67 Å². The van der Waals surface area contributed by atoms with Crippen molar-refractivity contribution in [3.63, 3.8) is 0 Å². The first-order chi connectivity index (χ1) is 12.2. The highest BCUT2D eigenvalue weighted by atomic mass is 32.1.